The molecule has 0 aliphatic heterocycles. The minimum atomic E-state index is -0.943. The van der Waals surface area contributed by atoms with Gasteiger partial charge in [-0.15, -0.1) is 0 Å². The van der Waals surface area contributed by atoms with E-state index >= 15 is 0 Å². The lowest BCUT2D eigenvalue weighted by molar-refractivity contribution is -0.307. The van der Waals surface area contributed by atoms with Crippen LogP contribution < -0.4 is 10.2 Å². The van der Waals surface area contributed by atoms with Crippen LogP contribution in [0.5, 0.6) is 0 Å². The molecule has 0 spiro atoms. The highest BCUT2D eigenvalue weighted by Crippen LogP contribution is 1.90. The van der Waals surface area contributed by atoms with Crippen LogP contribution in [-0.4, -0.2) is 11.9 Å². The first-order valence-corrected chi connectivity index (χ1v) is 4.94. The smallest absolute Gasteiger partial charge is 0.0414 e. The monoisotopic (exact) mass is 202 g/mol. The number of rotatable bonds is 6. The molecule has 0 amide bonds. The van der Waals surface area contributed by atoms with E-state index in [1.54, 1.807) is 0 Å². The van der Waals surface area contributed by atoms with Gasteiger partial charge in [-0.2, -0.15) is 0 Å². The zero-order valence-electron chi connectivity index (χ0n) is 8.88. The number of carboxylic acids is 2. The summed E-state index contributed by atoms with van der Waals surface area (Å²) in [7, 11) is 0. The van der Waals surface area contributed by atoms with Crippen LogP contribution >= 0.6 is 0 Å². The normalized spacial score (nSPS) is 8.71. The standard InChI is InChI=1S/2C5H10O2/c2*1-2-3-4-5(6)7/h2*2-4H2,1H3,(H,6,7)/p-2. The molecule has 84 valence electrons. The van der Waals surface area contributed by atoms with Crippen LogP contribution in [0, 0.1) is 0 Å². The van der Waals surface area contributed by atoms with Crippen LogP contribution in [0.15, 0.2) is 0 Å². The second-order valence-electron chi connectivity index (χ2n) is 2.95. The number of hydrogen-bond donors (Lipinski definition) is 0. The van der Waals surface area contributed by atoms with Gasteiger partial charge in [0.05, 0.1) is 0 Å². The zero-order valence-corrected chi connectivity index (χ0v) is 8.88. The highest BCUT2D eigenvalue weighted by atomic mass is 16.4. The van der Waals surface area contributed by atoms with Crippen molar-refractivity contribution in [2.45, 2.75) is 52.4 Å². The molecule has 0 radical (unpaired) electrons. The predicted molar refractivity (Wildman–Crippen MR) is 49.1 cm³/mol. The van der Waals surface area contributed by atoms with Crippen LogP contribution in [0.3, 0.4) is 0 Å². The maximum Gasteiger partial charge on any atom is 0.0414 e. The Hall–Kier alpha value is -1.06. The Labute approximate surface area is 84.9 Å². The second kappa shape index (κ2) is 11.9. The lowest BCUT2D eigenvalue weighted by atomic mass is 10.3. The van der Waals surface area contributed by atoms with Crippen LogP contribution in [0.25, 0.3) is 0 Å². The number of carboxylic acid groups (broad SMARTS) is 2. The molecule has 4 heteroatoms. The molecular weight excluding hydrogens is 184 g/mol. The van der Waals surface area contributed by atoms with Crippen molar-refractivity contribution >= 4 is 11.9 Å². The highest BCUT2D eigenvalue weighted by Gasteiger charge is 1.81. The van der Waals surface area contributed by atoms with Crippen molar-refractivity contribution in [3.63, 3.8) is 0 Å². The van der Waals surface area contributed by atoms with Gasteiger partial charge in [-0.05, 0) is 25.7 Å². The summed E-state index contributed by atoms with van der Waals surface area (Å²) in [5.74, 6) is -1.89. The van der Waals surface area contributed by atoms with Gasteiger partial charge in [0.1, 0.15) is 0 Å². The lowest BCUT2D eigenvalue weighted by Gasteiger charge is -1.95. The maximum atomic E-state index is 9.65. The summed E-state index contributed by atoms with van der Waals surface area (Å²) in [4.78, 5) is 19.3. The fraction of sp³-hybridized carbons (Fsp3) is 0.800. The van der Waals surface area contributed by atoms with Crippen molar-refractivity contribution in [3.8, 4) is 0 Å². The molecule has 14 heavy (non-hydrogen) atoms. The fourth-order valence-corrected chi connectivity index (χ4v) is 0.642. The average molecular weight is 202 g/mol. The fourth-order valence-electron chi connectivity index (χ4n) is 0.642. The molecule has 0 saturated carbocycles. The number of carbonyl (C=O) groups is 2. The summed E-state index contributed by atoms with van der Waals surface area (Å²) in [6.45, 7) is 3.89. The molecule has 0 unspecified atom stereocenters. The molecule has 0 heterocycles. The summed E-state index contributed by atoms with van der Waals surface area (Å²) in [5, 5.41) is 19.3. The second-order valence-corrected chi connectivity index (χ2v) is 2.95. The number of aliphatic carboxylic acids is 2. The Balaban J connectivity index is 0. The molecule has 0 aromatic heterocycles. The van der Waals surface area contributed by atoms with E-state index in [0.717, 1.165) is 25.7 Å². The topological polar surface area (TPSA) is 80.3 Å². The van der Waals surface area contributed by atoms with Crippen molar-refractivity contribution in [2.24, 2.45) is 0 Å². The summed E-state index contributed by atoms with van der Waals surface area (Å²) in [6.07, 6.45) is 3.74. The Morgan fingerprint density at radius 2 is 1.14 bits per heavy atom. The van der Waals surface area contributed by atoms with E-state index in [1.165, 1.54) is 0 Å². The van der Waals surface area contributed by atoms with Gasteiger partial charge < -0.3 is 19.8 Å². The van der Waals surface area contributed by atoms with Crippen LogP contribution in [-0.2, 0) is 9.59 Å². The molecule has 4 nitrogen and oxygen atoms in total. The third kappa shape index (κ3) is 22.4. The van der Waals surface area contributed by atoms with Crippen LogP contribution in [0.2, 0.25) is 0 Å². The first kappa shape index (κ1) is 15.4. The molecule has 0 atom stereocenters. The molecule has 0 fully saturated rings. The van der Waals surface area contributed by atoms with Gasteiger partial charge in [-0.3, -0.25) is 0 Å². The van der Waals surface area contributed by atoms with Crippen molar-refractivity contribution in [3.05, 3.63) is 0 Å². The van der Waals surface area contributed by atoms with Gasteiger partial charge in [0.15, 0.2) is 0 Å². The van der Waals surface area contributed by atoms with Crippen molar-refractivity contribution in [1.82, 2.24) is 0 Å². The largest absolute Gasteiger partial charge is 0.550 e. The van der Waals surface area contributed by atoms with E-state index in [2.05, 4.69) is 0 Å². The summed E-state index contributed by atoms with van der Waals surface area (Å²) >= 11 is 0. The van der Waals surface area contributed by atoms with E-state index in [9.17, 15) is 19.8 Å². The Morgan fingerprint density at radius 3 is 1.21 bits per heavy atom. The van der Waals surface area contributed by atoms with E-state index in [-0.39, 0.29) is 12.8 Å². The van der Waals surface area contributed by atoms with Gasteiger partial charge in [-0.25, -0.2) is 0 Å². The molecule has 0 N–H and O–H groups in total. The van der Waals surface area contributed by atoms with E-state index in [0.29, 0.717) is 0 Å². The Kier molecular flexibility index (Phi) is 13.1. The van der Waals surface area contributed by atoms with E-state index < -0.39 is 11.9 Å². The SMILES string of the molecule is CCCCC(=O)[O-].CCCCC(=O)[O-]. The third-order valence-corrected chi connectivity index (χ3v) is 1.47. The van der Waals surface area contributed by atoms with Crippen molar-refractivity contribution < 1.29 is 19.8 Å². The minimum absolute atomic E-state index is 0.205. The predicted octanol–water partition coefficient (Wildman–Crippen LogP) is -0.147. The van der Waals surface area contributed by atoms with Crippen LogP contribution in [0.1, 0.15) is 52.4 Å². The molecule has 0 aliphatic rings. The molecule has 0 bridgehead atoms. The van der Waals surface area contributed by atoms with E-state index in [4.69, 9.17) is 0 Å². The van der Waals surface area contributed by atoms with Gasteiger partial charge in [0, 0.05) is 11.9 Å². The van der Waals surface area contributed by atoms with Crippen molar-refractivity contribution in [1.29, 1.82) is 0 Å². The molecule has 0 aromatic carbocycles. The quantitative estimate of drug-likeness (QED) is 0.600. The summed E-state index contributed by atoms with van der Waals surface area (Å²) in [6, 6.07) is 0. The first-order valence-electron chi connectivity index (χ1n) is 4.94. The zero-order chi connectivity index (χ0) is 11.4. The summed E-state index contributed by atoms with van der Waals surface area (Å²) < 4.78 is 0. The number of unbranched alkanes of at least 4 members (excludes halogenated alkanes) is 2. The summed E-state index contributed by atoms with van der Waals surface area (Å²) in [5.41, 5.74) is 0. The third-order valence-electron chi connectivity index (χ3n) is 1.47. The van der Waals surface area contributed by atoms with E-state index in [1.807, 2.05) is 13.8 Å². The van der Waals surface area contributed by atoms with Gasteiger partial charge in [-0.1, -0.05) is 26.7 Å². The maximum absolute atomic E-state index is 9.65. The highest BCUT2D eigenvalue weighted by molar-refractivity contribution is 5.64. The van der Waals surface area contributed by atoms with Crippen LogP contribution in [0.4, 0.5) is 0 Å². The number of carbonyl (C=O) groups excluding carboxylic acids is 2. The Morgan fingerprint density at radius 1 is 0.857 bits per heavy atom. The minimum Gasteiger partial charge on any atom is -0.550 e. The molecule has 0 rings (SSSR count). The van der Waals surface area contributed by atoms with Crippen molar-refractivity contribution in [2.75, 3.05) is 0 Å². The van der Waals surface area contributed by atoms with Gasteiger partial charge in [0.25, 0.3) is 0 Å². The van der Waals surface area contributed by atoms with Gasteiger partial charge >= 0.3 is 0 Å². The first-order chi connectivity index (χ1) is 6.54. The molecule has 0 aliphatic carbocycles. The average Bonchev–Trinajstić information content (AvgIpc) is 2.12. The Bertz CT molecular complexity index is 136. The molecule has 0 saturated heterocycles. The molecular formula is C10H18O4-2. The lowest BCUT2D eigenvalue weighted by Crippen LogP contribution is -2.21. The van der Waals surface area contributed by atoms with Gasteiger partial charge in [0.2, 0.25) is 0 Å². The number of hydrogen-bond acceptors (Lipinski definition) is 4. The molecule has 0 aromatic rings.